The predicted octanol–water partition coefficient (Wildman–Crippen LogP) is 11.9. The van der Waals surface area contributed by atoms with Gasteiger partial charge in [0.15, 0.2) is 0 Å². The van der Waals surface area contributed by atoms with Gasteiger partial charge >= 0.3 is 0 Å². The molecule has 1 heterocycles. The smallest absolute Gasteiger partial charge is 0.0754 e. The van der Waals surface area contributed by atoms with Gasteiger partial charge in [0, 0.05) is 11.8 Å². The van der Waals surface area contributed by atoms with Gasteiger partial charge in [0.1, 0.15) is 8.07 Å². The van der Waals surface area contributed by atoms with Crippen LogP contribution in [0.5, 0.6) is 0 Å². The Labute approximate surface area is 300 Å². The molecule has 1 heteroatoms. The summed E-state index contributed by atoms with van der Waals surface area (Å²) in [5.74, 6) is 0.740. The van der Waals surface area contributed by atoms with Crippen molar-refractivity contribution in [3.63, 3.8) is 0 Å². The third-order valence-corrected chi connectivity index (χ3v) is 15.8. The standard InChI is InChI=1S/C50H36Si/c1-51(2)45-29-35(37-25-21-34-20-19-32-13-10-14-33-22-28-44(37)50(34)47(32)33)23-26-38(45)39-27-24-36(30-46(39)51)49-42-17-8-6-15-40(42)48(31-11-4-3-5-12-31)41-16-7-9-18-43(41)49/h3-30,44,50H,1-2H3. The second-order valence-corrected chi connectivity index (χ2v) is 19.5. The van der Waals surface area contributed by atoms with E-state index < -0.39 is 8.07 Å². The second-order valence-electron chi connectivity index (χ2n) is 15.2. The molecule has 51 heavy (non-hydrogen) atoms. The number of rotatable bonds is 3. The van der Waals surface area contributed by atoms with Gasteiger partial charge < -0.3 is 0 Å². The summed E-state index contributed by atoms with van der Waals surface area (Å²) in [6.07, 6.45) is 14.2. The molecule has 240 valence electrons. The zero-order chi connectivity index (χ0) is 33.8. The molecule has 0 saturated heterocycles. The van der Waals surface area contributed by atoms with Crippen LogP contribution in [0.2, 0.25) is 13.1 Å². The number of benzene rings is 7. The van der Waals surface area contributed by atoms with E-state index in [2.05, 4.69) is 183 Å². The molecule has 0 spiro atoms. The normalized spacial score (nSPS) is 18.6. The van der Waals surface area contributed by atoms with Gasteiger partial charge in [-0.2, -0.15) is 0 Å². The van der Waals surface area contributed by atoms with Crippen molar-refractivity contribution >= 4 is 57.7 Å². The molecule has 0 saturated carbocycles. The molecule has 0 aromatic heterocycles. The number of hydrogen-bond acceptors (Lipinski definition) is 0. The molecule has 3 aliphatic carbocycles. The predicted molar refractivity (Wildman–Crippen MR) is 221 cm³/mol. The Morgan fingerprint density at radius 3 is 1.71 bits per heavy atom. The molecule has 0 fully saturated rings. The van der Waals surface area contributed by atoms with Gasteiger partial charge in [-0.15, -0.1) is 0 Å². The van der Waals surface area contributed by atoms with Crippen molar-refractivity contribution in [2.45, 2.75) is 19.0 Å². The molecule has 2 unspecified atom stereocenters. The van der Waals surface area contributed by atoms with E-state index in [1.807, 2.05) is 0 Å². The first kappa shape index (κ1) is 29.0. The van der Waals surface area contributed by atoms with Crippen LogP contribution in [0, 0.1) is 5.92 Å². The lowest BCUT2D eigenvalue weighted by Gasteiger charge is -2.38. The van der Waals surface area contributed by atoms with E-state index in [4.69, 9.17) is 0 Å². The summed E-state index contributed by atoms with van der Waals surface area (Å²) in [5, 5.41) is 8.33. The summed E-state index contributed by atoms with van der Waals surface area (Å²) in [6, 6.07) is 50.4. The highest BCUT2D eigenvalue weighted by atomic mass is 28.3. The Kier molecular flexibility index (Phi) is 6.04. The molecule has 0 amide bonds. The minimum Gasteiger partial charge on any atom is -0.0754 e. The van der Waals surface area contributed by atoms with Crippen LogP contribution in [0.25, 0.3) is 72.7 Å². The topological polar surface area (TPSA) is 0 Å². The van der Waals surface area contributed by atoms with Crippen LogP contribution in [-0.4, -0.2) is 8.07 Å². The lowest BCUT2D eigenvalue weighted by Crippen LogP contribution is -2.49. The van der Waals surface area contributed by atoms with E-state index in [1.54, 1.807) is 10.4 Å². The third kappa shape index (κ3) is 4.07. The van der Waals surface area contributed by atoms with Crippen molar-refractivity contribution in [2.75, 3.05) is 0 Å². The largest absolute Gasteiger partial charge is 0.113 e. The van der Waals surface area contributed by atoms with E-state index in [9.17, 15) is 0 Å². The Balaban J connectivity index is 1.05. The van der Waals surface area contributed by atoms with Gasteiger partial charge in [-0.3, -0.25) is 0 Å². The quantitative estimate of drug-likeness (QED) is 0.130. The summed E-state index contributed by atoms with van der Waals surface area (Å²) in [5.41, 5.74) is 16.6. The zero-order valence-electron chi connectivity index (χ0n) is 28.8. The summed E-state index contributed by atoms with van der Waals surface area (Å²) >= 11 is 0. The molecule has 0 bridgehead atoms. The zero-order valence-corrected chi connectivity index (χ0v) is 29.8. The first-order chi connectivity index (χ1) is 25.1. The van der Waals surface area contributed by atoms with Crippen LogP contribution < -0.4 is 10.4 Å². The third-order valence-electron chi connectivity index (χ3n) is 12.2. The van der Waals surface area contributed by atoms with Gasteiger partial charge in [0.25, 0.3) is 0 Å². The van der Waals surface area contributed by atoms with Crippen LogP contribution in [0.3, 0.4) is 0 Å². The Morgan fingerprint density at radius 1 is 0.471 bits per heavy atom. The molecule has 2 atom stereocenters. The maximum atomic E-state index is 2.57. The molecular weight excluding hydrogens is 629 g/mol. The fourth-order valence-corrected chi connectivity index (χ4v) is 13.0. The number of allylic oxidation sites excluding steroid dienone is 6. The maximum absolute atomic E-state index is 2.57. The molecule has 0 N–H and O–H groups in total. The van der Waals surface area contributed by atoms with Crippen molar-refractivity contribution in [2.24, 2.45) is 5.92 Å². The second kappa shape index (κ2) is 10.6. The first-order valence-electron chi connectivity index (χ1n) is 18.3. The Bertz CT molecular complexity index is 2710. The minimum atomic E-state index is -2.02. The summed E-state index contributed by atoms with van der Waals surface area (Å²) in [4.78, 5) is 0. The van der Waals surface area contributed by atoms with E-state index in [1.165, 1.54) is 88.3 Å². The van der Waals surface area contributed by atoms with Crippen molar-refractivity contribution in [1.82, 2.24) is 0 Å². The van der Waals surface area contributed by atoms with Gasteiger partial charge in [-0.25, -0.2) is 0 Å². The fourth-order valence-electron chi connectivity index (χ4n) is 9.87. The number of hydrogen-bond donors (Lipinski definition) is 0. The van der Waals surface area contributed by atoms with Crippen molar-refractivity contribution in [3.05, 3.63) is 186 Å². The van der Waals surface area contributed by atoms with Crippen molar-refractivity contribution in [3.8, 4) is 33.4 Å². The SMILES string of the molecule is C[Si]1(C)c2cc(C3=CC=C4C=Cc5cccc6c5C4C3C=C6)ccc2-c2ccc(-c3c4ccccc4c(-c4ccccc4)c4ccccc34)cc21. The summed E-state index contributed by atoms with van der Waals surface area (Å²) in [7, 11) is -2.02. The van der Waals surface area contributed by atoms with Crippen LogP contribution in [0.4, 0.5) is 0 Å². The molecule has 7 aromatic carbocycles. The Morgan fingerprint density at radius 2 is 1.04 bits per heavy atom. The van der Waals surface area contributed by atoms with Gasteiger partial charge in [0.05, 0.1) is 0 Å². The molecule has 11 rings (SSSR count). The maximum Gasteiger partial charge on any atom is 0.113 e. The summed E-state index contributed by atoms with van der Waals surface area (Å²) in [6.45, 7) is 5.12. The van der Waals surface area contributed by atoms with E-state index in [-0.39, 0.29) is 0 Å². The molecule has 0 radical (unpaired) electrons. The lowest BCUT2D eigenvalue weighted by molar-refractivity contribution is 0.681. The van der Waals surface area contributed by atoms with Gasteiger partial charge in [-0.05, 0) is 98.7 Å². The van der Waals surface area contributed by atoms with Crippen molar-refractivity contribution in [1.29, 1.82) is 0 Å². The minimum absolute atomic E-state index is 0.349. The molecule has 7 aromatic rings. The molecule has 0 nitrogen and oxygen atoms in total. The van der Waals surface area contributed by atoms with E-state index >= 15 is 0 Å². The van der Waals surface area contributed by atoms with Gasteiger partial charge in [0.2, 0.25) is 0 Å². The molecule has 4 aliphatic rings. The first-order valence-corrected chi connectivity index (χ1v) is 21.3. The molecular formula is C50H36Si. The van der Waals surface area contributed by atoms with Crippen LogP contribution in [0.15, 0.2) is 163 Å². The highest BCUT2D eigenvalue weighted by Gasteiger charge is 2.40. The van der Waals surface area contributed by atoms with Crippen LogP contribution >= 0.6 is 0 Å². The average molecular weight is 665 g/mol. The highest BCUT2D eigenvalue weighted by Crippen LogP contribution is 2.52. The molecule has 1 aliphatic heterocycles. The van der Waals surface area contributed by atoms with E-state index in [0.29, 0.717) is 11.8 Å². The van der Waals surface area contributed by atoms with Gasteiger partial charge in [-0.1, -0.05) is 183 Å². The number of fused-ring (bicyclic) bond motifs is 5. The average Bonchev–Trinajstić information content (AvgIpc) is 3.41. The van der Waals surface area contributed by atoms with Crippen molar-refractivity contribution < 1.29 is 0 Å². The summed E-state index contributed by atoms with van der Waals surface area (Å²) < 4.78 is 0. The fraction of sp³-hybridized carbons (Fsp3) is 0.0800. The monoisotopic (exact) mass is 664 g/mol. The lowest BCUT2D eigenvalue weighted by atomic mass is 9.65. The highest BCUT2D eigenvalue weighted by molar-refractivity contribution is 7.03. The van der Waals surface area contributed by atoms with E-state index in [0.717, 1.165) is 0 Å². The Hall–Kier alpha value is -5.76. The van der Waals surface area contributed by atoms with Crippen LogP contribution in [0.1, 0.15) is 28.2 Å². The van der Waals surface area contributed by atoms with Crippen LogP contribution in [-0.2, 0) is 0 Å².